The number of anilines is 2. The third-order valence-corrected chi connectivity index (χ3v) is 7.47. The quantitative estimate of drug-likeness (QED) is 0.283. The van der Waals surface area contributed by atoms with Gasteiger partial charge in [-0.2, -0.15) is 0 Å². The number of rotatable bonds is 4. The lowest BCUT2D eigenvalue weighted by molar-refractivity contribution is 0.913. The zero-order chi connectivity index (χ0) is 23.4. The lowest BCUT2D eigenvalue weighted by atomic mass is 10.1. The van der Waals surface area contributed by atoms with Gasteiger partial charge in [0.1, 0.15) is 5.82 Å². The highest BCUT2D eigenvalue weighted by atomic mass is 32.1. The maximum absolute atomic E-state index is 4.94. The molecule has 168 valence electrons. The van der Waals surface area contributed by atoms with Gasteiger partial charge in [-0.05, 0) is 88.4 Å². The van der Waals surface area contributed by atoms with E-state index in [0.717, 1.165) is 44.2 Å². The first-order valence-electron chi connectivity index (χ1n) is 11.3. The van der Waals surface area contributed by atoms with Crippen molar-refractivity contribution in [1.82, 2.24) is 19.5 Å². The third kappa shape index (κ3) is 3.47. The maximum atomic E-state index is 4.94. The van der Waals surface area contributed by atoms with Crippen LogP contribution in [0.25, 0.3) is 37.4 Å². The molecular formula is C28H25N5S. The SMILES string of the molecule is Cc1cc2cc(Nc3ccnc4cc(-c5ccc(-n6c(C)ccc6C)nc5C)sc34)ccc2[nH]1. The molecule has 0 amide bonds. The summed E-state index contributed by atoms with van der Waals surface area (Å²) in [4.78, 5) is 14.1. The monoisotopic (exact) mass is 463 g/mol. The topological polar surface area (TPSA) is 58.5 Å². The Morgan fingerprint density at radius 3 is 2.50 bits per heavy atom. The van der Waals surface area contributed by atoms with Crippen LogP contribution in [0.4, 0.5) is 11.4 Å². The Balaban J connectivity index is 1.37. The minimum absolute atomic E-state index is 0.957. The molecular weight excluding hydrogens is 438 g/mol. The summed E-state index contributed by atoms with van der Waals surface area (Å²) in [5.41, 5.74) is 9.96. The Bertz CT molecular complexity index is 1660. The van der Waals surface area contributed by atoms with Gasteiger partial charge in [-0.25, -0.2) is 4.98 Å². The van der Waals surface area contributed by atoms with Crippen LogP contribution in [-0.2, 0) is 0 Å². The van der Waals surface area contributed by atoms with E-state index in [0.29, 0.717) is 0 Å². The number of nitrogens with one attached hydrogen (secondary N) is 2. The van der Waals surface area contributed by atoms with Crippen LogP contribution >= 0.6 is 11.3 Å². The molecule has 2 N–H and O–H groups in total. The molecule has 0 fully saturated rings. The van der Waals surface area contributed by atoms with E-state index in [-0.39, 0.29) is 0 Å². The van der Waals surface area contributed by atoms with Crippen molar-refractivity contribution in [3.05, 3.63) is 89.6 Å². The van der Waals surface area contributed by atoms with Crippen molar-refractivity contribution in [1.29, 1.82) is 0 Å². The average Bonchev–Trinajstić information content (AvgIpc) is 3.49. The van der Waals surface area contributed by atoms with Crippen molar-refractivity contribution in [2.24, 2.45) is 0 Å². The maximum Gasteiger partial charge on any atom is 0.137 e. The van der Waals surface area contributed by atoms with Crippen molar-refractivity contribution in [3.8, 4) is 16.3 Å². The van der Waals surface area contributed by atoms with Crippen molar-refractivity contribution in [2.45, 2.75) is 27.7 Å². The van der Waals surface area contributed by atoms with E-state index in [1.54, 1.807) is 11.3 Å². The van der Waals surface area contributed by atoms with Crippen LogP contribution in [0.3, 0.4) is 0 Å². The number of thiophene rings is 1. The highest BCUT2D eigenvalue weighted by Gasteiger charge is 2.14. The fraction of sp³-hybridized carbons (Fsp3) is 0.143. The summed E-state index contributed by atoms with van der Waals surface area (Å²) >= 11 is 1.75. The summed E-state index contributed by atoms with van der Waals surface area (Å²) in [5.74, 6) is 0.957. The predicted octanol–water partition coefficient (Wildman–Crippen LogP) is 7.61. The normalized spacial score (nSPS) is 11.5. The highest BCUT2D eigenvalue weighted by Crippen LogP contribution is 2.39. The molecule has 0 atom stereocenters. The summed E-state index contributed by atoms with van der Waals surface area (Å²) in [6, 6.07) is 21.3. The minimum Gasteiger partial charge on any atom is -0.359 e. The van der Waals surface area contributed by atoms with Crippen molar-refractivity contribution >= 4 is 43.8 Å². The predicted molar refractivity (Wildman–Crippen MR) is 143 cm³/mol. The molecule has 0 radical (unpaired) electrons. The van der Waals surface area contributed by atoms with Crippen LogP contribution in [0.1, 0.15) is 22.8 Å². The minimum atomic E-state index is 0.957. The second-order valence-corrected chi connectivity index (χ2v) is 9.87. The molecule has 1 aromatic carbocycles. The second-order valence-electron chi connectivity index (χ2n) is 8.82. The summed E-state index contributed by atoms with van der Waals surface area (Å²) in [6.07, 6.45) is 1.87. The summed E-state index contributed by atoms with van der Waals surface area (Å²) in [7, 11) is 0. The van der Waals surface area contributed by atoms with E-state index >= 15 is 0 Å². The van der Waals surface area contributed by atoms with E-state index in [4.69, 9.17) is 4.98 Å². The van der Waals surface area contributed by atoms with E-state index in [2.05, 4.69) is 102 Å². The van der Waals surface area contributed by atoms with Gasteiger partial charge < -0.3 is 14.9 Å². The number of aromatic amines is 1. The van der Waals surface area contributed by atoms with Crippen LogP contribution in [0, 0.1) is 27.7 Å². The first-order chi connectivity index (χ1) is 16.5. The van der Waals surface area contributed by atoms with Gasteiger partial charge in [-0.1, -0.05) is 0 Å². The van der Waals surface area contributed by atoms with Gasteiger partial charge in [0.15, 0.2) is 0 Å². The molecule has 5 heterocycles. The highest BCUT2D eigenvalue weighted by molar-refractivity contribution is 7.22. The first kappa shape index (κ1) is 20.7. The second kappa shape index (κ2) is 7.85. The van der Waals surface area contributed by atoms with Crippen LogP contribution in [0.15, 0.2) is 66.9 Å². The molecule has 0 spiro atoms. The number of benzene rings is 1. The standard InChI is InChI=1S/C28H25N5S/c1-16-13-20-14-21(7-9-23(20)30-16)32-24-11-12-29-25-15-26(34-28(24)25)22-8-10-27(31-19(22)4)33-17(2)5-6-18(33)3/h5-15,30H,1-4H3,(H,29,32). The zero-order valence-corrected chi connectivity index (χ0v) is 20.4. The Morgan fingerprint density at radius 2 is 1.71 bits per heavy atom. The molecule has 6 aromatic rings. The van der Waals surface area contributed by atoms with Gasteiger partial charge in [0, 0.05) is 56.0 Å². The van der Waals surface area contributed by atoms with Gasteiger partial charge in [-0.3, -0.25) is 4.98 Å². The Labute approximate surface area is 202 Å². The number of pyridine rings is 2. The molecule has 0 aliphatic rings. The van der Waals surface area contributed by atoms with Gasteiger partial charge in [0.25, 0.3) is 0 Å². The van der Waals surface area contributed by atoms with Crippen LogP contribution in [0.5, 0.6) is 0 Å². The molecule has 0 unspecified atom stereocenters. The van der Waals surface area contributed by atoms with Crippen molar-refractivity contribution < 1.29 is 0 Å². The summed E-state index contributed by atoms with van der Waals surface area (Å²) in [6.45, 7) is 8.38. The van der Waals surface area contributed by atoms with Crippen LogP contribution in [-0.4, -0.2) is 19.5 Å². The van der Waals surface area contributed by atoms with Gasteiger partial charge >= 0.3 is 0 Å². The first-order valence-corrected chi connectivity index (χ1v) is 12.2. The zero-order valence-electron chi connectivity index (χ0n) is 19.6. The number of fused-ring (bicyclic) bond motifs is 2. The number of H-pyrrole nitrogens is 1. The van der Waals surface area contributed by atoms with E-state index in [1.165, 1.54) is 27.3 Å². The molecule has 34 heavy (non-hydrogen) atoms. The van der Waals surface area contributed by atoms with Gasteiger partial charge in [0.2, 0.25) is 0 Å². The lowest BCUT2D eigenvalue weighted by Crippen LogP contribution is -2.03. The van der Waals surface area contributed by atoms with E-state index < -0.39 is 0 Å². The van der Waals surface area contributed by atoms with Gasteiger partial charge in [-0.15, -0.1) is 11.3 Å². The van der Waals surface area contributed by atoms with Crippen LogP contribution in [0.2, 0.25) is 0 Å². The molecule has 0 aliphatic heterocycles. The van der Waals surface area contributed by atoms with Gasteiger partial charge in [0.05, 0.1) is 15.9 Å². The molecule has 0 aliphatic carbocycles. The Hall–Kier alpha value is -3.90. The number of aromatic nitrogens is 4. The number of hydrogen-bond acceptors (Lipinski definition) is 4. The fourth-order valence-corrected chi connectivity index (χ4v) is 5.80. The fourth-order valence-electron chi connectivity index (χ4n) is 4.64. The molecule has 6 heteroatoms. The number of nitrogens with zero attached hydrogens (tertiary/aromatic N) is 3. The Kier molecular flexibility index (Phi) is 4.78. The molecule has 6 rings (SSSR count). The lowest BCUT2D eigenvalue weighted by Gasteiger charge is -2.11. The van der Waals surface area contributed by atoms with Crippen molar-refractivity contribution in [3.63, 3.8) is 0 Å². The molecule has 0 saturated heterocycles. The van der Waals surface area contributed by atoms with E-state index in [9.17, 15) is 0 Å². The summed E-state index contributed by atoms with van der Waals surface area (Å²) < 4.78 is 3.33. The Morgan fingerprint density at radius 1 is 0.882 bits per heavy atom. The smallest absolute Gasteiger partial charge is 0.137 e. The molecule has 5 nitrogen and oxygen atoms in total. The molecule has 5 aromatic heterocycles. The molecule has 0 bridgehead atoms. The average molecular weight is 464 g/mol. The van der Waals surface area contributed by atoms with E-state index in [1.807, 2.05) is 12.3 Å². The largest absolute Gasteiger partial charge is 0.359 e. The third-order valence-electron chi connectivity index (χ3n) is 6.28. The molecule has 0 saturated carbocycles. The number of aryl methyl sites for hydroxylation is 4. The summed E-state index contributed by atoms with van der Waals surface area (Å²) in [5, 5.41) is 4.81. The van der Waals surface area contributed by atoms with Crippen molar-refractivity contribution in [2.75, 3.05) is 5.32 Å². The van der Waals surface area contributed by atoms with Crippen LogP contribution < -0.4 is 5.32 Å². The number of hydrogen-bond donors (Lipinski definition) is 2.